The van der Waals surface area contributed by atoms with Crippen molar-refractivity contribution >= 4 is 12.0 Å². The van der Waals surface area contributed by atoms with E-state index in [1.807, 2.05) is 0 Å². The molecule has 2 unspecified atom stereocenters. The zero-order valence-corrected chi connectivity index (χ0v) is 14.0. The average molecular weight is 323 g/mol. The lowest BCUT2D eigenvalue weighted by Crippen LogP contribution is -2.53. The molecule has 7 heteroatoms. The Hall–Kier alpha value is -1.81. The zero-order valence-electron chi connectivity index (χ0n) is 14.0. The molecule has 0 saturated carbocycles. The first-order valence-corrected chi connectivity index (χ1v) is 8.10. The topological polar surface area (TPSA) is 93.9 Å². The molecule has 0 aromatic carbocycles. The van der Waals surface area contributed by atoms with Crippen LogP contribution >= 0.6 is 0 Å². The van der Waals surface area contributed by atoms with Crippen molar-refractivity contribution in [2.45, 2.75) is 70.2 Å². The van der Waals surface area contributed by atoms with E-state index in [-0.39, 0.29) is 12.5 Å². The Morgan fingerprint density at radius 2 is 2.00 bits per heavy atom. The van der Waals surface area contributed by atoms with Crippen LogP contribution in [-0.4, -0.2) is 63.8 Å². The highest BCUT2D eigenvalue weighted by atomic mass is 16.6. The second-order valence-electron chi connectivity index (χ2n) is 7.14. The Labute approximate surface area is 136 Å². The summed E-state index contributed by atoms with van der Waals surface area (Å²) in [6.07, 6.45) is 1.92. The molecule has 2 saturated heterocycles. The van der Waals surface area contributed by atoms with Crippen molar-refractivity contribution in [3.63, 3.8) is 0 Å². The third-order valence-corrected chi connectivity index (χ3v) is 4.29. The van der Waals surface area contributed by atoms with Gasteiger partial charge in [-0.2, -0.15) is 5.26 Å². The molecule has 0 aromatic heterocycles. The Kier molecular flexibility index (Phi) is 5.15. The molecule has 0 bridgehead atoms. The van der Waals surface area contributed by atoms with Crippen molar-refractivity contribution in [2.75, 3.05) is 13.2 Å². The first-order valence-electron chi connectivity index (χ1n) is 8.10. The molecule has 2 heterocycles. The molecule has 2 amide bonds. The molecule has 2 rings (SSSR count). The largest absolute Gasteiger partial charge is 0.444 e. The molecule has 0 aliphatic carbocycles. The van der Waals surface area contributed by atoms with Crippen molar-refractivity contribution in [3.05, 3.63) is 0 Å². The lowest BCUT2D eigenvalue weighted by atomic mass is 10.1. The SMILES string of the molecule is CC(C)(C)OC(=O)N1C(CO)CC[C@H]1C(=O)N1CCCC1C#N. The van der Waals surface area contributed by atoms with Gasteiger partial charge in [0.05, 0.1) is 18.7 Å². The number of ether oxygens (including phenoxy) is 1. The van der Waals surface area contributed by atoms with Gasteiger partial charge >= 0.3 is 6.09 Å². The van der Waals surface area contributed by atoms with E-state index in [9.17, 15) is 14.7 Å². The van der Waals surface area contributed by atoms with Crippen molar-refractivity contribution in [2.24, 2.45) is 0 Å². The standard InChI is InChI=1S/C16H25N3O4/c1-16(2,3)23-15(22)19-12(10-20)6-7-13(19)14(21)18-8-4-5-11(18)9-17/h11-13,20H,4-8,10H2,1-3H3/t11?,12?,13-/m0/s1. The number of carbonyl (C=O) groups is 2. The molecular formula is C16H25N3O4. The molecule has 0 aromatic rings. The fourth-order valence-electron chi connectivity index (χ4n) is 3.25. The Bertz CT molecular complexity index is 508. The summed E-state index contributed by atoms with van der Waals surface area (Å²) >= 11 is 0. The Balaban J connectivity index is 2.17. The highest BCUT2D eigenvalue weighted by Crippen LogP contribution is 2.29. The predicted molar refractivity (Wildman–Crippen MR) is 82.3 cm³/mol. The van der Waals surface area contributed by atoms with Gasteiger partial charge in [0.25, 0.3) is 0 Å². The lowest BCUT2D eigenvalue weighted by Gasteiger charge is -2.33. The van der Waals surface area contributed by atoms with Gasteiger partial charge in [0.15, 0.2) is 0 Å². The summed E-state index contributed by atoms with van der Waals surface area (Å²) in [5, 5.41) is 18.7. The van der Waals surface area contributed by atoms with Crippen LogP contribution in [0.2, 0.25) is 0 Å². The highest BCUT2D eigenvalue weighted by Gasteiger charge is 2.45. The molecule has 2 aliphatic heterocycles. The number of aliphatic hydroxyl groups is 1. The number of likely N-dealkylation sites (tertiary alicyclic amines) is 2. The number of amides is 2. The van der Waals surface area contributed by atoms with Crippen LogP contribution in [0.1, 0.15) is 46.5 Å². The van der Waals surface area contributed by atoms with Gasteiger partial charge in [0, 0.05) is 6.54 Å². The molecule has 1 N–H and O–H groups in total. The van der Waals surface area contributed by atoms with Gasteiger partial charge in [-0.1, -0.05) is 0 Å². The summed E-state index contributed by atoms with van der Waals surface area (Å²) < 4.78 is 5.39. The van der Waals surface area contributed by atoms with Crippen LogP contribution in [-0.2, 0) is 9.53 Å². The van der Waals surface area contributed by atoms with Crippen LogP contribution in [0.4, 0.5) is 4.79 Å². The number of aliphatic hydroxyl groups excluding tert-OH is 1. The molecule has 3 atom stereocenters. The quantitative estimate of drug-likeness (QED) is 0.825. The van der Waals surface area contributed by atoms with Crippen LogP contribution in [0.5, 0.6) is 0 Å². The molecule has 2 aliphatic rings. The summed E-state index contributed by atoms with van der Waals surface area (Å²) in [7, 11) is 0. The minimum atomic E-state index is -0.671. The number of nitriles is 1. The maximum absolute atomic E-state index is 12.8. The summed E-state index contributed by atoms with van der Waals surface area (Å²) in [6.45, 7) is 5.62. The van der Waals surface area contributed by atoms with Crippen molar-refractivity contribution in [1.29, 1.82) is 5.26 Å². The van der Waals surface area contributed by atoms with Gasteiger partial charge in [-0.05, 0) is 46.5 Å². The minimum Gasteiger partial charge on any atom is -0.444 e. The number of carbonyl (C=O) groups excluding carboxylic acids is 2. The van der Waals surface area contributed by atoms with Gasteiger partial charge in [0.2, 0.25) is 5.91 Å². The summed E-state index contributed by atoms with van der Waals surface area (Å²) in [6, 6.07) is 0.655. The average Bonchev–Trinajstić information content (AvgIpc) is 3.10. The molecule has 0 radical (unpaired) electrons. The van der Waals surface area contributed by atoms with Gasteiger partial charge in [-0.15, -0.1) is 0 Å². The second kappa shape index (κ2) is 6.75. The van der Waals surface area contributed by atoms with Crippen LogP contribution in [0.25, 0.3) is 0 Å². The normalized spacial score (nSPS) is 27.9. The summed E-state index contributed by atoms with van der Waals surface area (Å²) in [5.74, 6) is -0.212. The van der Waals surface area contributed by atoms with Crippen LogP contribution in [0, 0.1) is 11.3 Å². The van der Waals surface area contributed by atoms with E-state index in [0.717, 1.165) is 6.42 Å². The van der Waals surface area contributed by atoms with Gasteiger partial charge in [0.1, 0.15) is 17.7 Å². The minimum absolute atomic E-state index is 0.204. The van der Waals surface area contributed by atoms with Crippen molar-refractivity contribution < 1.29 is 19.4 Å². The van der Waals surface area contributed by atoms with E-state index in [1.165, 1.54) is 4.90 Å². The van der Waals surface area contributed by atoms with E-state index in [0.29, 0.717) is 25.8 Å². The molecule has 7 nitrogen and oxygen atoms in total. The fourth-order valence-corrected chi connectivity index (χ4v) is 3.25. The number of rotatable bonds is 2. The van der Waals surface area contributed by atoms with Crippen molar-refractivity contribution in [1.82, 2.24) is 9.80 Å². The maximum atomic E-state index is 12.8. The zero-order chi connectivity index (χ0) is 17.2. The Morgan fingerprint density at radius 3 is 2.57 bits per heavy atom. The van der Waals surface area contributed by atoms with Gasteiger partial charge in [-0.3, -0.25) is 9.69 Å². The van der Waals surface area contributed by atoms with E-state index in [4.69, 9.17) is 10.00 Å². The fraction of sp³-hybridized carbons (Fsp3) is 0.812. The first kappa shape index (κ1) is 17.5. The van der Waals surface area contributed by atoms with E-state index < -0.39 is 29.8 Å². The molecular weight excluding hydrogens is 298 g/mol. The number of hydrogen-bond acceptors (Lipinski definition) is 5. The van der Waals surface area contributed by atoms with E-state index in [2.05, 4.69) is 6.07 Å². The van der Waals surface area contributed by atoms with Gasteiger partial charge in [-0.25, -0.2) is 4.79 Å². The van der Waals surface area contributed by atoms with Crippen LogP contribution < -0.4 is 0 Å². The molecule has 2 fully saturated rings. The number of hydrogen-bond donors (Lipinski definition) is 1. The van der Waals surface area contributed by atoms with Gasteiger partial charge < -0.3 is 14.7 Å². The second-order valence-corrected chi connectivity index (χ2v) is 7.14. The Morgan fingerprint density at radius 1 is 1.30 bits per heavy atom. The smallest absolute Gasteiger partial charge is 0.411 e. The predicted octanol–water partition coefficient (Wildman–Crippen LogP) is 1.26. The lowest BCUT2D eigenvalue weighted by molar-refractivity contribution is -0.136. The van der Waals surface area contributed by atoms with E-state index in [1.54, 1.807) is 25.7 Å². The third-order valence-electron chi connectivity index (χ3n) is 4.29. The third kappa shape index (κ3) is 3.75. The van der Waals surface area contributed by atoms with Crippen molar-refractivity contribution in [3.8, 4) is 6.07 Å². The summed E-state index contributed by atoms with van der Waals surface area (Å²) in [5.41, 5.74) is -0.671. The highest BCUT2D eigenvalue weighted by molar-refractivity contribution is 5.87. The van der Waals surface area contributed by atoms with E-state index >= 15 is 0 Å². The first-order chi connectivity index (χ1) is 10.8. The monoisotopic (exact) mass is 323 g/mol. The molecule has 23 heavy (non-hydrogen) atoms. The summed E-state index contributed by atoms with van der Waals surface area (Å²) in [4.78, 5) is 28.2. The maximum Gasteiger partial charge on any atom is 0.411 e. The van der Waals surface area contributed by atoms with Crippen LogP contribution in [0.15, 0.2) is 0 Å². The molecule has 128 valence electrons. The number of nitrogens with zero attached hydrogens (tertiary/aromatic N) is 3. The van der Waals surface area contributed by atoms with Crippen LogP contribution in [0.3, 0.4) is 0 Å². The molecule has 0 spiro atoms.